The molecule has 2 aromatic heterocycles. The van der Waals surface area contributed by atoms with Gasteiger partial charge in [0.05, 0.1) is 34.3 Å². The van der Waals surface area contributed by atoms with Crippen LogP contribution < -0.4 is 21.9 Å². The molecule has 12 heteroatoms. The van der Waals surface area contributed by atoms with Crippen LogP contribution in [-0.2, 0) is 30.0 Å². The Morgan fingerprint density at radius 1 is 1.05 bits per heavy atom. The molecule has 2 aliphatic rings. The van der Waals surface area contributed by atoms with E-state index in [1.165, 1.54) is 16.7 Å². The van der Waals surface area contributed by atoms with E-state index in [2.05, 4.69) is 16.8 Å². The van der Waals surface area contributed by atoms with Crippen molar-refractivity contribution in [1.29, 1.82) is 0 Å². The van der Waals surface area contributed by atoms with Crippen molar-refractivity contribution in [2.75, 3.05) is 18.0 Å². The van der Waals surface area contributed by atoms with Gasteiger partial charge in [-0.1, -0.05) is 36.3 Å². The summed E-state index contributed by atoms with van der Waals surface area (Å²) in [4.78, 5) is 39.4. The van der Waals surface area contributed by atoms with E-state index in [0.29, 0.717) is 18.1 Å². The third kappa shape index (κ3) is 4.38. The summed E-state index contributed by atoms with van der Waals surface area (Å²) in [7, 11) is -2.32. The maximum atomic E-state index is 14.1. The molecule has 0 radical (unpaired) electrons. The quantitative estimate of drug-likeness (QED) is 0.369. The Balaban J connectivity index is 1.57. The first-order valence-corrected chi connectivity index (χ1v) is 14.8. The lowest BCUT2D eigenvalue weighted by Crippen LogP contribution is -2.44. The number of aliphatic imine (C=N–C) groups is 1. The zero-order chi connectivity index (χ0) is 28.9. The fraction of sp³-hybridized carbons (Fsp3) is 0.310. The normalized spacial score (nSPS) is 17.7. The van der Waals surface area contributed by atoms with E-state index in [1.807, 2.05) is 4.90 Å². The molecule has 0 spiro atoms. The fourth-order valence-corrected chi connectivity index (χ4v) is 7.17. The summed E-state index contributed by atoms with van der Waals surface area (Å²) in [6.45, 7) is 2.98. The Kier molecular flexibility index (Phi) is 6.63. The molecule has 1 fully saturated rings. The Bertz CT molecular complexity index is 2030. The van der Waals surface area contributed by atoms with E-state index < -0.39 is 21.1 Å². The van der Waals surface area contributed by atoms with Crippen LogP contribution in [-0.4, -0.2) is 51.9 Å². The number of rotatable bonds is 4. The van der Waals surface area contributed by atoms with Gasteiger partial charge in [0.1, 0.15) is 0 Å². The predicted molar refractivity (Wildman–Crippen MR) is 157 cm³/mol. The number of imidazole rings is 1. The summed E-state index contributed by atoms with van der Waals surface area (Å²) < 4.78 is 31.3. The lowest BCUT2D eigenvalue weighted by molar-refractivity contribution is 0.496. The number of nitrogens with zero attached hydrogens (tertiary/aromatic N) is 6. The highest BCUT2D eigenvalue weighted by Crippen LogP contribution is 2.35. The van der Waals surface area contributed by atoms with Crippen molar-refractivity contribution in [1.82, 2.24) is 18.7 Å². The third-order valence-electron chi connectivity index (χ3n) is 7.57. The van der Waals surface area contributed by atoms with Crippen LogP contribution in [0.4, 0.5) is 11.6 Å². The summed E-state index contributed by atoms with van der Waals surface area (Å²) in [5, 5.41) is 0. The van der Waals surface area contributed by atoms with Crippen LogP contribution >= 0.6 is 0 Å². The Labute approximate surface area is 236 Å². The van der Waals surface area contributed by atoms with Crippen molar-refractivity contribution in [2.24, 2.45) is 17.8 Å². The van der Waals surface area contributed by atoms with E-state index in [4.69, 9.17) is 10.7 Å². The number of nitrogens with two attached hydrogens (primary N) is 1. The van der Waals surface area contributed by atoms with Crippen LogP contribution in [0.5, 0.6) is 0 Å². The Morgan fingerprint density at radius 2 is 1.78 bits per heavy atom. The molecule has 2 N–H and O–H groups in total. The highest BCUT2D eigenvalue weighted by molar-refractivity contribution is 7.91. The van der Waals surface area contributed by atoms with Gasteiger partial charge in [0.15, 0.2) is 11.2 Å². The van der Waals surface area contributed by atoms with Crippen LogP contribution in [0.3, 0.4) is 0 Å². The lowest BCUT2D eigenvalue weighted by atomic mass is 10.1. The highest BCUT2D eigenvalue weighted by Gasteiger charge is 2.31. The first kappa shape index (κ1) is 26.7. The molecule has 0 saturated carbocycles. The lowest BCUT2D eigenvalue weighted by Gasteiger charge is -2.31. The number of para-hydroxylation sites is 1. The summed E-state index contributed by atoms with van der Waals surface area (Å²) in [6, 6.07) is 12.9. The van der Waals surface area contributed by atoms with E-state index in [1.54, 1.807) is 54.9 Å². The first-order chi connectivity index (χ1) is 19.7. The SMILES string of the molecule is CC#CCn1c(N2CCCC(N)C2)nc2c1c(=O)n(CC1=Nc3ccccc3S(=O)(=O)c3ccccc31)c(=O)n2C. The number of anilines is 1. The van der Waals surface area contributed by atoms with Gasteiger partial charge in [0.2, 0.25) is 15.8 Å². The first-order valence-electron chi connectivity index (χ1n) is 13.3. The minimum Gasteiger partial charge on any atom is -0.341 e. The van der Waals surface area contributed by atoms with E-state index in [-0.39, 0.29) is 51.5 Å². The maximum Gasteiger partial charge on any atom is 0.332 e. The molecule has 4 aromatic rings. The molecule has 1 atom stereocenters. The van der Waals surface area contributed by atoms with Gasteiger partial charge < -0.3 is 10.6 Å². The molecule has 2 aromatic carbocycles. The number of benzene rings is 2. The number of sulfone groups is 1. The molecule has 41 heavy (non-hydrogen) atoms. The van der Waals surface area contributed by atoms with Crippen LogP contribution in [0, 0.1) is 11.8 Å². The molecule has 0 aliphatic carbocycles. The summed E-state index contributed by atoms with van der Waals surface area (Å²) in [5.41, 5.74) is 6.46. The van der Waals surface area contributed by atoms with Crippen molar-refractivity contribution < 1.29 is 8.42 Å². The molecule has 4 heterocycles. The van der Waals surface area contributed by atoms with Gasteiger partial charge in [-0.05, 0) is 38.0 Å². The number of fused-ring (bicyclic) bond motifs is 3. The maximum absolute atomic E-state index is 14.1. The minimum atomic E-state index is -3.89. The zero-order valence-electron chi connectivity index (χ0n) is 22.7. The molecule has 6 rings (SSSR count). The zero-order valence-corrected chi connectivity index (χ0v) is 23.6. The molecule has 0 amide bonds. The molecule has 1 saturated heterocycles. The molecule has 1 unspecified atom stereocenters. The van der Waals surface area contributed by atoms with Gasteiger partial charge in [-0.2, -0.15) is 4.98 Å². The molecular weight excluding hydrogens is 542 g/mol. The number of aromatic nitrogens is 4. The van der Waals surface area contributed by atoms with Gasteiger partial charge in [0, 0.05) is 31.7 Å². The standard InChI is InChI=1S/C29H29N7O4S/c1-3-4-16-35-25-26(32-28(35)34-15-9-10-19(30)17-34)33(2)29(38)36(27(25)37)18-22-20-11-5-7-13-23(20)41(39,40)24-14-8-6-12-21(24)31-22/h5-8,11-14,19H,9-10,15-18,30H2,1-2H3. The number of aryl methyl sites for hydroxylation is 1. The number of piperidine rings is 1. The van der Waals surface area contributed by atoms with E-state index >= 15 is 0 Å². The largest absolute Gasteiger partial charge is 0.341 e. The van der Waals surface area contributed by atoms with Crippen LogP contribution in [0.25, 0.3) is 11.2 Å². The number of hydrogen-bond donors (Lipinski definition) is 1. The number of hydrogen-bond acceptors (Lipinski definition) is 8. The highest BCUT2D eigenvalue weighted by atomic mass is 32.2. The molecular formula is C29H29N7O4S. The second-order valence-corrected chi connectivity index (χ2v) is 12.1. The summed E-state index contributed by atoms with van der Waals surface area (Å²) in [6.07, 6.45) is 1.79. The van der Waals surface area contributed by atoms with Crippen molar-refractivity contribution in [3.8, 4) is 11.8 Å². The molecule has 0 bridgehead atoms. The van der Waals surface area contributed by atoms with Crippen LogP contribution in [0.15, 0.2) is 72.9 Å². The second-order valence-electron chi connectivity index (χ2n) is 10.2. The van der Waals surface area contributed by atoms with E-state index in [0.717, 1.165) is 24.0 Å². The average Bonchev–Trinajstić information content (AvgIpc) is 3.32. The minimum absolute atomic E-state index is 0.0257. The monoisotopic (exact) mass is 571 g/mol. The molecule has 2 aliphatic heterocycles. The van der Waals surface area contributed by atoms with Crippen LogP contribution in [0.1, 0.15) is 25.3 Å². The fourth-order valence-electron chi connectivity index (χ4n) is 5.55. The second kappa shape index (κ2) is 10.2. The van der Waals surface area contributed by atoms with Crippen LogP contribution in [0.2, 0.25) is 0 Å². The van der Waals surface area contributed by atoms with Gasteiger partial charge in [-0.25, -0.2) is 18.2 Å². The van der Waals surface area contributed by atoms with Crippen molar-refractivity contribution in [3.05, 3.63) is 74.9 Å². The van der Waals surface area contributed by atoms with Gasteiger partial charge in [-0.3, -0.25) is 18.5 Å². The van der Waals surface area contributed by atoms with Gasteiger partial charge in [-0.15, -0.1) is 5.92 Å². The van der Waals surface area contributed by atoms with Gasteiger partial charge in [0.25, 0.3) is 5.56 Å². The third-order valence-corrected chi connectivity index (χ3v) is 9.43. The molecule has 11 nitrogen and oxygen atoms in total. The molecule has 210 valence electrons. The van der Waals surface area contributed by atoms with E-state index in [9.17, 15) is 18.0 Å². The van der Waals surface area contributed by atoms with Crippen molar-refractivity contribution >= 4 is 38.3 Å². The van der Waals surface area contributed by atoms with Crippen molar-refractivity contribution in [3.63, 3.8) is 0 Å². The summed E-state index contributed by atoms with van der Waals surface area (Å²) >= 11 is 0. The topological polar surface area (TPSA) is 138 Å². The summed E-state index contributed by atoms with van der Waals surface area (Å²) in [5.74, 6) is 6.44. The Morgan fingerprint density at radius 3 is 2.54 bits per heavy atom. The Hall–Kier alpha value is -4.47. The van der Waals surface area contributed by atoms with Gasteiger partial charge >= 0.3 is 5.69 Å². The van der Waals surface area contributed by atoms with Crippen molar-refractivity contribution in [2.45, 2.75) is 48.7 Å². The average molecular weight is 572 g/mol. The predicted octanol–water partition coefficient (Wildman–Crippen LogP) is 1.81. The smallest absolute Gasteiger partial charge is 0.332 e.